The van der Waals surface area contributed by atoms with Gasteiger partial charge in [0.15, 0.2) is 0 Å². The molecule has 136 valence electrons. The van der Waals surface area contributed by atoms with Crippen LogP contribution in [0.1, 0.15) is 36.7 Å². The van der Waals surface area contributed by atoms with Crippen molar-refractivity contribution in [3.05, 3.63) is 53.9 Å². The van der Waals surface area contributed by atoms with E-state index in [1.807, 2.05) is 35.7 Å². The number of nitrogens with zero attached hydrogens (tertiary/aromatic N) is 3. The number of carbonyl (C=O) groups is 1. The van der Waals surface area contributed by atoms with Crippen molar-refractivity contribution >= 4 is 18.3 Å². The lowest BCUT2D eigenvalue weighted by Crippen LogP contribution is -2.49. The van der Waals surface area contributed by atoms with Gasteiger partial charge < -0.3 is 14.8 Å². The first-order valence-corrected chi connectivity index (χ1v) is 8.29. The van der Waals surface area contributed by atoms with Crippen LogP contribution >= 0.6 is 12.4 Å². The van der Waals surface area contributed by atoms with E-state index in [2.05, 4.69) is 10.3 Å². The van der Waals surface area contributed by atoms with Gasteiger partial charge in [-0.15, -0.1) is 12.4 Å². The number of amides is 1. The second kappa shape index (κ2) is 8.45. The van der Waals surface area contributed by atoms with Crippen molar-refractivity contribution in [1.82, 2.24) is 19.8 Å². The Balaban J connectivity index is 0.00000225. The quantitative estimate of drug-likeness (QED) is 0.905. The van der Waals surface area contributed by atoms with Crippen LogP contribution < -0.4 is 5.32 Å². The van der Waals surface area contributed by atoms with Crippen LogP contribution in [0.2, 0.25) is 0 Å². The molecule has 0 spiro atoms. The second-order valence-corrected chi connectivity index (χ2v) is 6.36. The van der Waals surface area contributed by atoms with Gasteiger partial charge in [-0.3, -0.25) is 4.79 Å². The van der Waals surface area contributed by atoms with Gasteiger partial charge in [-0.1, -0.05) is 19.1 Å². The molecule has 1 fully saturated rings. The molecular formula is C18H24ClFN4O. The van der Waals surface area contributed by atoms with Crippen molar-refractivity contribution in [1.29, 1.82) is 0 Å². The Morgan fingerprint density at radius 3 is 2.96 bits per heavy atom. The van der Waals surface area contributed by atoms with E-state index in [0.29, 0.717) is 19.5 Å². The van der Waals surface area contributed by atoms with Crippen LogP contribution in [0.5, 0.6) is 0 Å². The summed E-state index contributed by atoms with van der Waals surface area (Å²) in [5.74, 6) is 0.681. The van der Waals surface area contributed by atoms with Gasteiger partial charge in [-0.05, 0) is 23.6 Å². The number of benzene rings is 1. The molecule has 1 aromatic heterocycles. The van der Waals surface area contributed by atoms with E-state index < -0.39 is 0 Å². The first kappa shape index (κ1) is 19.4. The van der Waals surface area contributed by atoms with Gasteiger partial charge in [0.1, 0.15) is 17.7 Å². The fourth-order valence-electron chi connectivity index (χ4n) is 3.24. The molecule has 2 atom stereocenters. The van der Waals surface area contributed by atoms with Crippen LogP contribution in [0.4, 0.5) is 4.39 Å². The number of carbonyl (C=O) groups excluding carboxylic acids is 1. The van der Waals surface area contributed by atoms with E-state index in [-0.39, 0.29) is 36.1 Å². The van der Waals surface area contributed by atoms with Crippen LogP contribution in [0.15, 0.2) is 36.7 Å². The lowest BCUT2D eigenvalue weighted by Gasteiger charge is -2.36. The van der Waals surface area contributed by atoms with Crippen LogP contribution in [-0.4, -0.2) is 40.0 Å². The number of rotatable bonds is 4. The van der Waals surface area contributed by atoms with Gasteiger partial charge in [0.05, 0.1) is 0 Å². The number of aromatic nitrogens is 2. The summed E-state index contributed by atoms with van der Waals surface area (Å²) >= 11 is 0. The van der Waals surface area contributed by atoms with Gasteiger partial charge in [0.2, 0.25) is 5.91 Å². The van der Waals surface area contributed by atoms with Crippen LogP contribution in [0.3, 0.4) is 0 Å². The number of nitrogens with one attached hydrogen (secondary N) is 1. The molecule has 1 saturated heterocycles. The van der Waals surface area contributed by atoms with Crippen molar-refractivity contribution in [2.45, 2.75) is 25.3 Å². The highest BCUT2D eigenvalue weighted by Gasteiger charge is 2.31. The van der Waals surface area contributed by atoms with Crippen molar-refractivity contribution in [3.8, 4) is 0 Å². The van der Waals surface area contributed by atoms with Crippen molar-refractivity contribution < 1.29 is 9.18 Å². The SMILES string of the molecule is CC(CC(=O)N1CCNCC1c1nccn1C)c1cccc(F)c1.Cl. The highest BCUT2D eigenvalue weighted by molar-refractivity contribution is 5.85. The Morgan fingerprint density at radius 2 is 2.28 bits per heavy atom. The molecule has 2 aromatic rings. The molecule has 1 N–H and O–H groups in total. The normalized spacial score (nSPS) is 18.5. The van der Waals surface area contributed by atoms with Crippen LogP contribution in [0.25, 0.3) is 0 Å². The van der Waals surface area contributed by atoms with Gasteiger partial charge in [-0.2, -0.15) is 0 Å². The summed E-state index contributed by atoms with van der Waals surface area (Å²) in [7, 11) is 1.94. The summed E-state index contributed by atoms with van der Waals surface area (Å²) in [6.07, 6.45) is 4.01. The fraction of sp³-hybridized carbons (Fsp3) is 0.444. The third-order valence-electron chi connectivity index (χ3n) is 4.62. The number of hydrogen-bond donors (Lipinski definition) is 1. The first-order valence-electron chi connectivity index (χ1n) is 8.29. The largest absolute Gasteiger partial charge is 0.336 e. The van der Waals surface area contributed by atoms with E-state index in [1.165, 1.54) is 12.1 Å². The monoisotopic (exact) mass is 366 g/mol. The standard InChI is InChI=1S/C18H23FN4O.ClH/c1-13(14-4-3-5-15(19)11-14)10-17(24)23-9-6-20-12-16(23)18-21-7-8-22(18)2;/h3-5,7-8,11,13,16,20H,6,9-10,12H2,1-2H3;1H. The van der Waals surface area contributed by atoms with Crippen molar-refractivity contribution in [2.24, 2.45) is 7.05 Å². The highest BCUT2D eigenvalue weighted by atomic mass is 35.5. The molecule has 0 radical (unpaired) electrons. The molecule has 0 aliphatic carbocycles. The Hall–Kier alpha value is -1.92. The molecule has 1 aromatic carbocycles. The lowest BCUT2D eigenvalue weighted by molar-refractivity contribution is -0.135. The summed E-state index contributed by atoms with van der Waals surface area (Å²) in [5.41, 5.74) is 0.854. The molecule has 2 heterocycles. The number of halogens is 2. The van der Waals surface area contributed by atoms with Gasteiger partial charge in [0.25, 0.3) is 0 Å². The summed E-state index contributed by atoms with van der Waals surface area (Å²) < 4.78 is 15.3. The Labute approximate surface area is 153 Å². The van der Waals surface area contributed by atoms with Gasteiger partial charge >= 0.3 is 0 Å². The van der Waals surface area contributed by atoms with E-state index in [9.17, 15) is 9.18 Å². The molecule has 25 heavy (non-hydrogen) atoms. The zero-order valence-corrected chi connectivity index (χ0v) is 15.3. The van der Waals surface area contributed by atoms with E-state index in [0.717, 1.165) is 17.9 Å². The molecule has 1 aliphatic rings. The summed E-state index contributed by atoms with van der Waals surface area (Å²) in [5, 5.41) is 3.33. The maximum atomic E-state index is 13.4. The Morgan fingerprint density at radius 1 is 1.48 bits per heavy atom. The zero-order chi connectivity index (χ0) is 17.1. The average Bonchev–Trinajstić information content (AvgIpc) is 3.00. The van der Waals surface area contributed by atoms with Crippen LogP contribution in [0, 0.1) is 5.82 Å². The number of piperazine rings is 1. The minimum atomic E-state index is -0.264. The minimum absolute atomic E-state index is 0. The molecular weight excluding hydrogens is 343 g/mol. The fourth-order valence-corrected chi connectivity index (χ4v) is 3.24. The summed E-state index contributed by atoms with van der Waals surface area (Å²) in [4.78, 5) is 19.1. The molecule has 0 bridgehead atoms. The first-order chi connectivity index (χ1) is 11.6. The van der Waals surface area contributed by atoms with Crippen LogP contribution in [-0.2, 0) is 11.8 Å². The van der Waals surface area contributed by atoms with Gasteiger partial charge in [0, 0.05) is 45.5 Å². The predicted octanol–water partition coefficient (Wildman–Crippen LogP) is 2.65. The maximum Gasteiger partial charge on any atom is 0.223 e. The molecule has 2 unspecified atom stereocenters. The zero-order valence-electron chi connectivity index (χ0n) is 14.5. The molecule has 0 saturated carbocycles. The van der Waals surface area contributed by atoms with E-state index >= 15 is 0 Å². The highest BCUT2D eigenvalue weighted by Crippen LogP contribution is 2.25. The molecule has 3 rings (SSSR count). The topological polar surface area (TPSA) is 50.2 Å². The average molecular weight is 367 g/mol. The summed E-state index contributed by atoms with van der Waals surface area (Å²) in [6.45, 7) is 4.10. The van der Waals surface area contributed by atoms with Gasteiger partial charge in [-0.25, -0.2) is 9.37 Å². The maximum absolute atomic E-state index is 13.4. The molecule has 1 aliphatic heterocycles. The lowest BCUT2D eigenvalue weighted by atomic mass is 9.96. The summed E-state index contributed by atoms with van der Waals surface area (Å²) in [6, 6.07) is 6.42. The van der Waals surface area contributed by atoms with Crippen molar-refractivity contribution in [3.63, 3.8) is 0 Å². The Kier molecular flexibility index (Phi) is 6.56. The van der Waals surface area contributed by atoms with E-state index in [1.54, 1.807) is 12.3 Å². The third kappa shape index (κ3) is 4.38. The molecule has 1 amide bonds. The smallest absolute Gasteiger partial charge is 0.223 e. The van der Waals surface area contributed by atoms with E-state index in [4.69, 9.17) is 0 Å². The predicted molar refractivity (Wildman–Crippen MR) is 97.2 cm³/mol. The number of aryl methyl sites for hydroxylation is 1. The van der Waals surface area contributed by atoms with Crippen molar-refractivity contribution in [2.75, 3.05) is 19.6 Å². The molecule has 7 heteroatoms. The molecule has 5 nitrogen and oxygen atoms in total. The Bertz CT molecular complexity index is 721. The third-order valence-corrected chi connectivity index (χ3v) is 4.62. The second-order valence-electron chi connectivity index (χ2n) is 6.36. The minimum Gasteiger partial charge on any atom is -0.336 e. The number of hydrogen-bond acceptors (Lipinski definition) is 3. The number of imidazole rings is 1.